The van der Waals surface area contributed by atoms with E-state index in [1.165, 1.54) is 6.07 Å². The lowest BCUT2D eigenvalue weighted by Crippen LogP contribution is -2.38. The van der Waals surface area contributed by atoms with Gasteiger partial charge in [0.25, 0.3) is 0 Å². The zero-order valence-corrected chi connectivity index (χ0v) is 11.3. The Balaban J connectivity index is 2.33. The normalized spacial score (nSPS) is 16.9. The quantitative estimate of drug-likeness (QED) is 0.633. The van der Waals surface area contributed by atoms with Crippen LogP contribution in [0, 0.1) is 17.0 Å². The Morgan fingerprint density at radius 3 is 2.70 bits per heavy atom. The monoisotopic (exact) mass is 279 g/mol. The second-order valence-corrected chi connectivity index (χ2v) is 5.26. The summed E-state index contributed by atoms with van der Waals surface area (Å²) in [5, 5.41) is 23.1. The summed E-state index contributed by atoms with van der Waals surface area (Å²) in [7, 11) is 0. The highest BCUT2D eigenvalue weighted by atomic mass is 16.6. The lowest BCUT2D eigenvalue weighted by atomic mass is 9.93. The van der Waals surface area contributed by atoms with Crippen LogP contribution in [0.5, 0.6) is 0 Å². The summed E-state index contributed by atoms with van der Waals surface area (Å²) < 4.78 is 0. The smallest absolute Gasteiger partial charge is 0.311 e. The van der Waals surface area contributed by atoms with Gasteiger partial charge in [0.2, 0.25) is 5.82 Å². The van der Waals surface area contributed by atoms with Gasteiger partial charge < -0.3 is 10.4 Å². The summed E-state index contributed by atoms with van der Waals surface area (Å²) in [5.41, 5.74) is -0.0916. The number of aryl methyl sites for hydroxylation is 1. The number of carboxylic acid groups (broad SMARTS) is 1. The van der Waals surface area contributed by atoms with Crippen molar-refractivity contribution >= 4 is 17.5 Å². The van der Waals surface area contributed by atoms with Gasteiger partial charge in [-0.3, -0.25) is 14.9 Å². The van der Waals surface area contributed by atoms with Gasteiger partial charge in [0.05, 0.1) is 11.3 Å². The van der Waals surface area contributed by atoms with Crippen molar-refractivity contribution in [1.29, 1.82) is 0 Å². The molecule has 0 spiro atoms. The molecule has 1 aliphatic carbocycles. The molecule has 1 aromatic heterocycles. The van der Waals surface area contributed by atoms with Crippen LogP contribution in [0.4, 0.5) is 11.5 Å². The van der Waals surface area contributed by atoms with Crippen LogP contribution in [0.25, 0.3) is 0 Å². The van der Waals surface area contributed by atoms with Crippen molar-refractivity contribution in [3.63, 3.8) is 0 Å². The highest BCUT2D eigenvalue weighted by Gasteiger charge is 2.37. The van der Waals surface area contributed by atoms with Crippen LogP contribution in [-0.4, -0.2) is 26.5 Å². The van der Waals surface area contributed by atoms with Gasteiger partial charge in [-0.25, -0.2) is 4.98 Å². The molecule has 1 aromatic rings. The number of pyridine rings is 1. The number of hydrogen-bond acceptors (Lipinski definition) is 5. The number of nitro groups is 1. The number of aliphatic carboxylic acids is 1. The third kappa shape index (κ3) is 3.04. The van der Waals surface area contributed by atoms with Gasteiger partial charge in [-0.1, -0.05) is 12.8 Å². The fourth-order valence-electron chi connectivity index (χ4n) is 2.73. The Kier molecular flexibility index (Phi) is 3.87. The molecule has 1 aliphatic rings. The molecular formula is C13H17N3O4. The second kappa shape index (κ2) is 5.44. The highest BCUT2D eigenvalue weighted by Crippen LogP contribution is 2.37. The van der Waals surface area contributed by atoms with Gasteiger partial charge in [0.15, 0.2) is 0 Å². The molecule has 108 valence electrons. The molecule has 1 heterocycles. The van der Waals surface area contributed by atoms with Gasteiger partial charge in [-0.05, 0) is 25.8 Å². The summed E-state index contributed by atoms with van der Waals surface area (Å²) in [6.45, 7) is 1.74. The lowest BCUT2D eigenvalue weighted by Gasteiger charge is -2.29. The number of anilines is 1. The van der Waals surface area contributed by atoms with Crippen LogP contribution in [-0.2, 0) is 4.79 Å². The third-order valence-corrected chi connectivity index (χ3v) is 3.64. The molecule has 0 aromatic carbocycles. The van der Waals surface area contributed by atoms with E-state index in [1.54, 1.807) is 13.0 Å². The number of carboxylic acids is 1. The molecule has 0 radical (unpaired) electrons. The lowest BCUT2D eigenvalue weighted by molar-refractivity contribution is -0.384. The molecule has 0 aliphatic heterocycles. The van der Waals surface area contributed by atoms with E-state index in [9.17, 15) is 14.9 Å². The summed E-state index contributed by atoms with van der Waals surface area (Å²) >= 11 is 0. The van der Waals surface area contributed by atoms with Crippen LogP contribution < -0.4 is 5.32 Å². The fraction of sp³-hybridized carbons (Fsp3) is 0.538. The van der Waals surface area contributed by atoms with E-state index in [0.29, 0.717) is 18.5 Å². The molecule has 0 atom stereocenters. The first-order valence-corrected chi connectivity index (χ1v) is 6.54. The zero-order chi connectivity index (χ0) is 14.8. The minimum Gasteiger partial charge on any atom is -0.481 e. The highest BCUT2D eigenvalue weighted by molar-refractivity contribution is 5.70. The van der Waals surface area contributed by atoms with Crippen LogP contribution in [0.3, 0.4) is 0 Å². The van der Waals surface area contributed by atoms with Crippen molar-refractivity contribution < 1.29 is 14.8 Å². The largest absolute Gasteiger partial charge is 0.481 e. The molecule has 0 unspecified atom stereocenters. The van der Waals surface area contributed by atoms with E-state index in [0.717, 1.165) is 12.8 Å². The van der Waals surface area contributed by atoms with Crippen molar-refractivity contribution in [3.8, 4) is 0 Å². The van der Waals surface area contributed by atoms with Gasteiger partial charge >= 0.3 is 11.7 Å². The van der Waals surface area contributed by atoms with Crippen LogP contribution in [0.15, 0.2) is 12.1 Å². The molecule has 0 amide bonds. The van der Waals surface area contributed by atoms with Crippen molar-refractivity contribution in [1.82, 2.24) is 4.98 Å². The number of rotatable bonds is 5. The SMILES string of the molecule is Cc1ccc([N+](=O)[O-])c(NC2(CC(=O)O)CCCC2)n1. The Labute approximate surface area is 116 Å². The van der Waals surface area contributed by atoms with Crippen molar-refractivity contribution in [2.45, 2.75) is 44.6 Å². The molecule has 1 fully saturated rings. The van der Waals surface area contributed by atoms with E-state index in [4.69, 9.17) is 5.11 Å². The fourth-order valence-corrected chi connectivity index (χ4v) is 2.73. The number of nitrogens with zero attached hydrogens (tertiary/aromatic N) is 2. The first kappa shape index (κ1) is 14.2. The van der Waals surface area contributed by atoms with Gasteiger partial charge in [0, 0.05) is 17.3 Å². The van der Waals surface area contributed by atoms with Gasteiger partial charge in [0.1, 0.15) is 0 Å². The number of carbonyl (C=O) groups is 1. The number of hydrogen-bond donors (Lipinski definition) is 2. The summed E-state index contributed by atoms with van der Waals surface area (Å²) in [4.78, 5) is 25.7. The molecule has 0 saturated heterocycles. The average Bonchev–Trinajstić information content (AvgIpc) is 2.75. The van der Waals surface area contributed by atoms with Gasteiger partial charge in [-0.2, -0.15) is 0 Å². The first-order chi connectivity index (χ1) is 9.42. The van der Waals surface area contributed by atoms with Crippen LogP contribution in [0.1, 0.15) is 37.8 Å². The summed E-state index contributed by atoms with van der Waals surface area (Å²) in [6.07, 6.45) is 3.15. The molecule has 7 nitrogen and oxygen atoms in total. The Bertz CT molecular complexity index is 538. The van der Waals surface area contributed by atoms with E-state index in [-0.39, 0.29) is 17.9 Å². The summed E-state index contributed by atoms with van der Waals surface area (Å²) in [5.74, 6) is -0.743. The van der Waals surface area contributed by atoms with E-state index >= 15 is 0 Å². The molecule has 0 bridgehead atoms. The Hall–Kier alpha value is -2.18. The van der Waals surface area contributed by atoms with Crippen molar-refractivity contribution in [2.24, 2.45) is 0 Å². The Morgan fingerprint density at radius 2 is 2.15 bits per heavy atom. The van der Waals surface area contributed by atoms with Crippen LogP contribution >= 0.6 is 0 Å². The minimum atomic E-state index is -0.908. The third-order valence-electron chi connectivity index (χ3n) is 3.64. The zero-order valence-electron chi connectivity index (χ0n) is 11.3. The first-order valence-electron chi connectivity index (χ1n) is 6.54. The molecule has 20 heavy (non-hydrogen) atoms. The number of aromatic nitrogens is 1. The molecular weight excluding hydrogens is 262 g/mol. The average molecular weight is 279 g/mol. The Morgan fingerprint density at radius 1 is 1.50 bits per heavy atom. The van der Waals surface area contributed by atoms with Crippen molar-refractivity contribution in [2.75, 3.05) is 5.32 Å². The van der Waals surface area contributed by atoms with Gasteiger partial charge in [-0.15, -0.1) is 0 Å². The van der Waals surface area contributed by atoms with E-state index < -0.39 is 16.4 Å². The number of nitrogens with one attached hydrogen (secondary N) is 1. The molecule has 2 rings (SSSR count). The maximum atomic E-state index is 11.0. The molecule has 1 saturated carbocycles. The maximum absolute atomic E-state index is 11.0. The second-order valence-electron chi connectivity index (χ2n) is 5.26. The molecule has 2 N–H and O–H groups in total. The maximum Gasteiger partial charge on any atom is 0.311 e. The predicted octanol–water partition coefficient (Wildman–Crippen LogP) is 2.50. The topological polar surface area (TPSA) is 105 Å². The standard InChI is InChI=1S/C13H17N3O4/c1-9-4-5-10(16(19)20)12(14-9)15-13(8-11(17)18)6-2-3-7-13/h4-5H,2-3,6-8H2,1H3,(H,14,15)(H,17,18). The predicted molar refractivity (Wildman–Crippen MR) is 72.7 cm³/mol. The van der Waals surface area contributed by atoms with Crippen LogP contribution in [0.2, 0.25) is 0 Å². The molecule has 7 heteroatoms. The van der Waals surface area contributed by atoms with E-state index in [2.05, 4.69) is 10.3 Å². The minimum absolute atomic E-state index is 0.0558. The summed E-state index contributed by atoms with van der Waals surface area (Å²) in [6, 6.07) is 2.97. The van der Waals surface area contributed by atoms with Crippen molar-refractivity contribution in [3.05, 3.63) is 27.9 Å². The van der Waals surface area contributed by atoms with E-state index in [1.807, 2.05) is 0 Å².